The third kappa shape index (κ3) is 3.66. The van der Waals surface area contributed by atoms with Crippen LogP contribution >= 0.6 is 0 Å². The van der Waals surface area contributed by atoms with E-state index in [-0.39, 0.29) is 11.7 Å². The number of ether oxygens (including phenoxy) is 1. The molecule has 0 spiro atoms. The van der Waals surface area contributed by atoms with Crippen LogP contribution < -0.4 is 10.1 Å². The lowest BCUT2D eigenvalue weighted by atomic mass is 9.65. The number of benzene rings is 1. The number of amides is 1. The van der Waals surface area contributed by atoms with Crippen molar-refractivity contribution in [3.05, 3.63) is 35.9 Å². The Morgan fingerprint density at radius 1 is 1.12 bits per heavy atom. The van der Waals surface area contributed by atoms with Crippen LogP contribution in [0, 0.1) is 17.8 Å². The molecular weight excluding hydrogens is 333 g/mol. The molecule has 0 aromatic heterocycles. The van der Waals surface area contributed by atoms with Crippen LogP contribution in [-0.4, -0.2) is 36.8 Å². The Balaban J connectivity index is 1.41. The van der Waals surface area contributed by atoms with Gasteiger partial charge in [-0.2, -0.15) is 0 Å². The minimum absolute atomic E-state index is 0.220. The van der Waals surface area contributed by atoms with E-state index < -0.39 is 6.36 Å². The Kier molecular flexibility index (Phi) is 3.98. The summed E-state index contributed by atoms with van der Waals surface area (Å²) in [5, 5.41) is 2.73. The highest BCUT2D eigenvalue weighted by atomic mass is 19.4. The summed E-state index contributed by atoms with van der Waals surface area (Å²) < 4.78 is 40.3. The fraction of sp³-hybridized carbons (Fsp3) is 0.500. The highest BCUT2D eigenvalue weighted by Crippen LogP contribution is 2.46. The van der Waals surface area contributed by atoms with Crippen molar-refractivity contribution in [1.29, 1.82) is 0 Å². The number of carbonyl (C=O) groups is 1. The predicted octanol–water partition coefficient (Wildman–Crippen LogP) is 3.42. The minimum atomic E-state index is -4.72. The van der Waals surface area contributed by atoms with Crippen LogP contribution in [0.15, 0.2) is 35.9 Å². The maximum atomic E-state index is 12.3. The van der Waals surface area contributed by atoms with Gasteiger partial charge in [0.05, 0.1) is 0 Å². The Hall–Kier alpha value is -2.02. The molecule has 5 rings (SSSR count). The van der Waals surface area contributed by atoms with Crippen molar-refractivity contribution in [2.45, 2.75) is 19.2 Å². The fourth-order valence-corrected chi connectivity index (χ4v) is 4.53. The third-order valence-corrected chi connectivity index (χ3v) is 5.31. The SMILES string of the molecule is O=C(C=C1C2CC3CC1CN(C3)C2)Nc1ccc(OC(F)(F)F)cc1. The summed E-state index contributed by atoms with van der Waals surface area (Å²) in [5.41, 5.74) is 1.69. The number of alkyl halides is 3. The van der Waals surface area contributed by atoms with E-state index in [1.807, 2.05) is 0 Å². The second kappa shape index (κ2) is 6.05. The lowest BCUT2D eigenvalue weighted by molar-refractivity contribution is -0.274. The summed E-state index contributed by atoms with van der Waals surface area (Å²) in [4.78, 5) is 14.8. The molecule has 1 aromatic rings. The van der Waals surface area contributed by atoms with E-state index in [1.165, 1.54) is 36.4 Å². The highest BCUT2D eigenvalue weighted by Gasteiger charge is 2.44. The maximum absolute atomic E-state index is 12.3. The molecule has 7 heteroatoms. The molecule has 4 bridgehead atoms. The average Bonchev–Trinajstić information content (AvgIpc) is 2.51. The van der Waals surface area contributed by atoms with E-state index in [1.54, 1.807) is 6.08 Å². The molecule has 25 heavy (non-hydrogen) atoms. The first-order valence-corrected chi connectivity index (χ1v) is 8.46. The molecule has 3 heterocycles. The summed E-state index contributed by atoms with van der Waals surface area (Å²) in [6.45, 7) is 3.27. The van der Waals surface area contributed by atoms with E-state index >= 15 is 0 Å². The predicted molar refractivity (Wildman–Crippen MR) is 86.0 cm³/mol. The van der Waals surface area contributed by atoms with Crippen molar-refractivity contribution < 1.29 is 22.7 Å². The summed E-state index contributed by atoms with van der Waals surface area (Å²) in [7, 11) is 0. The maximum Gasteiger partial charge on any atom is 0.573 e. The van der Waals surface area contributed by atoms with Gasteiger partial charge in [0, 0.05) is 31.4 Å². The van der Waals surface area contributed by atoms with E-state index in [2.05, 4.69) is 15.0 Å². The molecule has 3 saturated heterocycles. The van der Waals surface area contributed by atoms with Crippen LogP contribution in [0.1, 0.15) is 12.8 Å². The molecule has 1 amide bonds. The lowest BCUT2D eigenvalue weighted by Gasteiger charge is -2.53. The number of hydrogen-bond acceptors (Lipinski definition) is 3. The summed E-state index contributed by atoms with van der Waals surface area (Å²) in [6, 6.07) is 5.18. The molecule has 4 nitrogen and oxygen atoms in total. The highest BCUT2D eigenvalue weighted by molar-refractivity contribution is 5.99. The number of nitrogens with one attached hydrogen (secondary N) is 1. The van der Waals surface area contributed by atoms with Crippen molar-refractivity contribution in [3.8, 4) is 5.75 Å². The van der Waals surface area contributed by atoms with Crippen molar-refractivity contribution in [1.82, 2.24) is 4.90 Å². The Morgan fingerprint density at radius 3 is 2.32 bits per heavy atom. The van der Waals surface area contributed by atoms with Crippen LogP contribution in [0.2, 0.25) is 0 Å². The van der Waals surface area contributed by atoms with Crippen LogP contribution in [0.3, 0.4) is 0 Å². The smallest absolute Gasteiger partial charge is 0.406 e. The fourth-order valence-electron chi connectivity index (χ4n) is 4.53. The van der Waals surface area contributed by atoms with Gasteiger partial charge in [0.25, 0.3) is 0 Å². The molecule has 2 unspecified atom stereocenters. The molecule has 4 aliphatic rings. The number of hydrogen-bond donors (Lipinski definition) is 1. The minimum Gasteiger partial charge on any atom is -0.406 e. The van der Waals surface area contributed by atoms with E-state index in [0.29, 0.717) is 17.5 Å². The van der Waals surface area contributed by atoms with Gasteiger partial charge in [-0.15, -0.1) is 13.2 Å². The molecule has 3 aliphatic heterocycles. The topological polar surface area (TPSA) is 41.6 Å². The molecule has 1 aliphatic carbocycles. The summed E-state index contributed by atoms with van der Waals surface area (Å²) >= 11 is 0. The molecule has 1 aromatic carbocycles. The number of halogens is 3. The van der Waals surface area contributed by atoms with Gasteiger partial charge in [0.1, 0.15) is 5.75 Å². The van der Waals surface area contributed by atoms with Gasteiger partial charge in [0.2, 0.25) is 5.91 Å². The lowest BCUT2D eigenvalue weighted by Crippen LogP contribution is -2.54. The van der Waals surface area contributed by atoms with Gasteiger partial charge in [0.15, 0.2) is 0 Å². The van der Waals surface area contributed by atoms with Crippen molar-refractivity contribution in [3.63, 3.8) is 0 Å². The zero-order valence-electron chi connectivity index (χ0n) is 13.6. The Morgan fingerprint density at radius 2 is 1.76 bits per heavy atom. The first kappa shape index (κ1) is 16.4. The number of carbonyl (C=O) groups excluding carboxylic acids is 1. The van der Waals surface area contributed by atoms with Gasteiger partial charge in [-0.3, -0.25) is 4.79 Å². The summed E-state index contributed by atoms with van der Waals surface area (Å²) in [6.07, 6.45) is -0.690. The van der Waals surface area contributed by atoms with Crippen LogP contribution in [0.4, 0.5) is 18.9 Å². The monoisotopic (exact) mass is 352 g/mol. The zero-order valence-corrected chi connectivity index (χ0v) is 13.6. The standard InChI is InChI=1S/C18H19F3N2O2/c19-18(20,21)25-15-3-1-14(2-4-15)22-17(24)7-16-12-5-11-6-13(16)10-23(8-11)9-12/h1-4,7,11-13H,5-6,8-10H2,(H,22,24). The molecule has 0 radical (unpaired) electrons. The zero-order chi connectivity index (χ0) is 17.6. The summed E-state index contributed by atoms with van der Waals surface area (Å²) in [5.74, 6) is 1.18. The molecule has 134 valence electrons. The van der Waals surface area contributed by atoms with Gasteiger partial charge in [-0.1, -0.05) is 5.57 Å². The first-order valence-electron chi connectivity index (χ1n) is 8.46. The third-order valence-electron chi connectivity index (χ3n) is 5.31. The molecule has 1 N–H and O–H groups in total. The largest absolute Gasteiger partial charge is 0.573 e. The van der Waals surface area contributed by atoms with Crippen LogP contribution in [0.5, 0.6) is 5.75 Å². The van der Waals surface area contributed by atoms with Crippen molar-refractivity contribution in [2.24, 2.45) is 17.8 Å². The number of anilines is 1. The Bertz CT molecular complexity index is 667. The van der Waals surface area contributed by atoms with Crippen molar-refractivity contribution >= 4 is 11.6 Å². The quantitative estimate of drug-likeness (QED) is 0.848. The number of nitrogens with zero attached hydrogens (tertiary/aromatic N) is 1. The van der Waals surface area contributed by atoms with Crippen LogP contribution in [0.25, 0.3) is 0 Å². The van der Waals surface area contributed by atoms with Crippen LogP contribution in [-0.2, 0) is 4.79 Å². The van der Waals surface area contributed by atoms with Gasteiger partial charge < -0.3 is 15.0 Å². The second-order valence-electron chi connectivity index (χ2n) is 7.16. The Labute approximate surface area is 143 Å². The van der Waals surface area contributed by atoms with E-state index in [4.69, 9.17) is 0 Å². The number of rotatable bonds is 3. The van der Waals surface area contributed by atoms with E-state index in [0.717, 1.165) is 31.8 Å². The molecule has 1 saturated carbocycles. The first-order chi connectivity index (χ1) is 11.9. The van der Waals surface area contributed by atoms with Gasteiger partial charge in [-0.05, 0) is 54.9 Å². The van der Waals surface area contributed by atoms with Gasteiger partial charge in [-0.25, -0.2) is 0 Å². The number of piperidine rings is 3. The van der Waals surface area contributed by atoms with Gasteiger partial charge >= 0.3 is 6.36 Å². The second-order valence-corrected chi connectivity index (χ2v) is 7.16. The molecule has 2 atom stereocenters. The molecular formula is C18H19F3N2O2. The van der Waals surface area contributed by atoms with E-state index in [9.17, 15) is 18.0 Å². The molecule has 4 fully saturated rings. The van der Waals surface area contributed by atoms with Crippen molar-refractivity contribution in [2.75, 3.05) is 25.0 Å². The average molecular weight is 352 g/mol. The normalized spacial score (nSPS) is 30.3.